The van der Waals surface area contributed by atoms with Gasteiger partial charge in [0.2, 0.25) is 18.2 Å². The first kappa shape index (κ1) is 28.4. The Kier molecular flexibility index (Phi) is 8.61. The third-order valence-corrected chi connectivity index (χ3v) is 6.15. The monoisotopic (exact) mass is 552 g/mol. The van der Waals surface area contributed by atoms with E-state index in [1.54, 1.807) is 31.2 Å². The smallest absolute Gasteiger partial charge is 0.449 e. The number of rotatable bonds is 7. The minimum atomic E-state index is -4.68. The number of imidazole rings is 1. The average molecular weight is 553 g/mol. The van der Waals surface area contributed by atoms with E-state index in [2.05, 4.69) is 20.3 Å². The van der Waals surface area contributed by atoms with Crippen LogP contribution in [-0.2, 0) is 22.3 Å². The predicted octanol–water partition coefficient (Wildman–Crippen LogP) is 4.63. The molecule has 0 radical (unpaired) electrons. The summed E-state index contributed by atoms with van der Waals surface area (Å²) >= 11 is 5.92. The molecule has 2 aromatic carbocycles. The SMILES string of the molecule is CC([C@@H](C)C(=O)O)N(C)C(=O)NC(=Nc1ccc2nc(C(F)(F)F)[nH]c2c1)N(C=O)Cc1ccc(Cl)cc1. The molecule has 0 aliphatic carbocycles. The fourth-order valence-electron chi connectivity index (χ4n) is 3.35. The molecular weight excluding hydrogens is 529 g/mol. The van der Waals surface area contributed by atoms with Gasteiger partial charge in [0.1, 0.15) is 0 Å². The maximum Gasteiger partial charge on any atom is 0.449 e. The van der Waals surface area contributed by atoms with E-state index in [1.165, 1.54) is 32.2 Å². The van der Waals surface area contributed by atoms with Gasteiger partial charge in [-0.05, 0) is 49.7 Å². The number of nitrogens with zero attached hydrogens (tertiary/aromatic N) is 4. The first-order valence-corrected chi connectivity index (χ1v) is 11.6. The van der Waals surface area contributed by atoms with Crippen molar-refractivity contribution in [3.05, 3.63) is 58.9 Å². The molecule has 3 N–H and O–H groups in total. The number of carbonyl (C=O) groups is 3. The van der Waals surface area contributed by atoms with Crippen molar-refractivity contribution in [2.24, 2.45) is 10.9 Å². The van der Waals surface area contributed by atoms with E-state index in [0.29, 0.717) is 17.0 Å². The van der Waals surface area contributed by atoms with Crippen LogP contribution in [0.3, 0.4) is 0 Å². The molecule has 14 heteroatoms. The van der Waals surface area contributed by atoms with Crippen molar-refractivity contribution in [3.63, 3.8) is 0 Å². The molecule has 0 fully saturated rings. The van der Waals surface area contributed by atoms with Crippen molar-refractivity contribution in [2.75, 3.05) is 7.05 Å². The summed E-state index contributed by atoms with van der Waals surface area (Å²) in [5, 5.41) is 12.3. The van der Waals surface area contributed by atoms with Crippen LogP contribution in [0.5, 0.6) is 0 Å². The quantitative estimate of drug-likeness (QED) is 0.223. The molecule has 1 heterocycles. The lowest BCUT2D eigenvalue weighted by Gasteiger charge is -2.29. The molecule has 1 aromatic heterocycles. The van der Waals surface area contributed by atoms with Gasteiger partial charge in [-0.25, -0.2) is 14.8 Å². The standard InChI is InChI=1S/C24H24ClF3N6O4/c1-13(20(36)37)14(2)33(3)23(38)32-22(34(12-35)11-15-4-6-16(25)7-5-15)29-17-8-9-18-19(10-17)31-21(30-18)24(26,27)28/h4-10,12-14H,11H2,1-3H3,(H,30,31)(H,36,37)(H,29,32,38)/t13-,14?/m1/s1. The van der Waals surface area contributed by atoms with Crippen LogP contribution >= 0.6 is 11.6 Å². The number of aliphatic imine (C=N–C) groups is 1. The second-order valence-electron chi connectivity index (χ2n) is 8.49. The Morgan fingerprint density at radius 3 is 2.45 bits per heavy atom. The number of hydrogen-bond acceptors (Lipinski definition) is 5. The minimum Gasteiger partial charge on any atom is -0.481 e. The Balaban J connectivity index is 1.99. The van der Waals surface area contributed by atoms with Crippen LogP contribution in [0.15, 0.2) is 47.5 Å². The van der Waals surface area contributed by atoms with Crippen molar-refractivity contribution in [1.82, 2.24) is 25.1 Å². The number of aromatic amines is 1. The summed E-state index contributed by atoms with van der Waals surface area (Å²) in [7, 11) is 1.39. The molecule has 0 spiro atoms. The van der Waals surface area contributed by atoms with E-state index in [-0.39, 0.29) is 29.2 Å². The highest BCUT2D eigenvalue weighted by molar-refractivity contribution is 6.30. The molecule has 2 atom stereocenters. The number of fused-ring (bicyclic) bond motifs is 1. The van der Waals surface area contributed by atoms with Crippen LogP contribution in [0.2, 0.25) is 5.02 Å². The van der Waals surface area contributed by atoms with Crippen LogP contribution in [0.1, 0.15) is 25.2 Å². The van der Waals surface area contributed by atoms with E-state index >= 15 is 0 Å². The summed E-state index contributed by atoms with van der Waals surface area (Å²) in [6.07, 6.45) is -4.25. The fourth-order valence-corrected chi connectivity index (χ4v) is 3.47. The van der Waals surface area contributed by atoms with Crippen LogP contribution in [0.25, 0.3) is 11.0 Å². The van der Waals surface area contributed by atoms with Gasteiger partial charge in [-0.15, -0.1) is 0 Å². The van der Waals surface area contributed by atoms with Gasteiger partial charge in [0.25, 0.3) is 0 Å². The summed E-state index contributed by atoms with van der Waals surface area (Å²) in [4.78, 5) is 48.6. The number of carboxylic acids is 1. The molecule has 10 nitrogen and oxygen atoms in total. The Morgan fingerprint density at radius 2 is 1.87 bits per heavy atom. The number of alkyl halides is 3. The number of H-pyrrole nitrogens is 1. The van der Waals surface area contributed by atoms with E-state index < -0.39 is 36.0 Å². The zero-order valence-electron chi connectivity index (χ0n) is 20.5. The van der Waals surface area contributed by atoms with Gasteiger partial charge < -0.3 is 15.0 Å². The van der Waals surface area contributed by atoms with E-state index in [1.807, 2.05) is 0 Å². The first-order valence-electron chi connectivity index (χ1n) is 11.2. The zero-order valence-corrected chi connectivity index (χ0v) is 21.2. The molecule has 3 amide bonds. The lowest BCUT2D eigenvalue weighted by molar-refractivity contribution is -0.144. The first-order chi connectivity index (χ1) is 17.8. The van der Waals surface area contributed by atoms with Gasteiger partial charge >= 0.3 is 18.2 Å². The Labute approximate surface area is 220 Å². The topological polar surface area (TPSA) is 131 Å². The number of benzene rings is 2. The van der Waals surface area contributed by atoms with Gasteiger partial charge in [0, 0.05) is 18.1 Å². The van der Waals surface area contributed by atoms with Crippen LogP contribution in [-0.4, -0.2) is 62.3 Å². The number of amides is 3. The van der Waals surface area contributed by atoms with E-state index in [9.17, 15) is 32.7 Å². The number of guanidine groups is 1. The van der Waals surface area contributed by atoms with Gasteiger partial charge in [0.05, 0.1) is 29.2 Å². The summed E-state index contributed by atoms with van der Waals surface area (Å²) < 4.78 is 39.1. The summed E-state index contributed by atoms with van der Waals surface area (Å²) in [6, 6.07) is 9.04. The molecule has 0 saturated carbocycles. The number of halogens is 4. The summed E-state index contributed by atoms with van der Waals surface area (Å²) in [6.45, 7) is 2.96. The molecule has 3 rings (SSSR count). The Hall–Kier alpha value is -4.13. The maximum atomic E-state index is 13.0. The second-order valence-corrected chi connectivity index (χ2v) is 8.92. The highest BCUT2D eigenvalue weighted by Gasteiger charge is 2.34. The van der Waals surface area contributed by atoms with Crippen molar-refractivity contribution in [1.29, 1.82) is 0 Å². The third-order valence-electron chi connectivity index (χ3n) is 5.90. The van der Waals surface area contributed by atoms with Gasteiger partial charge in [-0.2, -0.15) is 13.2 Å². The predicted molar refractivity (Wildman–Crippen MR) is 134 cm³/mol. The van der Waals surface area contributed by atoms with Crippen LogP contribution < -0.4 is 5.32 Å². The highest BCUT2D eigenvalue weighted by Crippen LogP contribution is 2.29. The number of carbonyl (C=O) groups excluding carboxylic acids is 2. The molecule has 3 aromatic rings. The highest BCUT2D eigenvalue weighted by atomic mass is 35.5. The van der Waals surface area contributed by atoms with E-state index in [4.69, 9.17) is 11.6 Å². The second kappa shape index (κ2) is 11.5. The van der Waals surface area contributed by atoms with Crippen LogP contribution in [0, 0.1) is 5.92 Å². The molecule has 1 unspecified atom stereocenters. The van der Waals surface area contributed by atoms with Crippen molar-refractivity contribution in [3.8, 4) is 0 Å². The largest absolute Gasteiger partial charge is 0.481 e. The number of nitrogens with one attached hydrogen (secondary N) is 2. The zero-order chi connectivity index (χ0) is 28.2. The minimum absolute atomic E-state index is 0.0326. The molecule has 0 bridgehead atoms. The molecule has 38 heavy (non-hydrogen) atoms. The third kappa shape index (κ3) is 6.79. The number of aliphatic carboxylic acids is 1. The normalized spacial score (nSPS) is 13.6. The van der Waals surface area contributed by atoms with Crippen molar-refractivity contribution < 1.29 is 32.7 Å². The van der Waals surface area contributed by atoms with Gasteiger partial charge in [-0.1, -0.05) is 23.7 Å². The van der Waals surface area contributed by atoms with Crippen molar-refractivity contribution >= 4 is 52.7 Å². The Morgan fingerprint density at radius 1 is 1.21 bits per heavy atom. The average Bonchev–Trinajstić information content (AvgIpc) is 3.31. The fraction of sp³-hybridized carbons (Fsp3) is 0.292. The molecule has 202 valence electrons. The summed E-state index contributed by atoms with van der Waals surface area (Å²) in [5.74, 6) is -3.41. The van der Waals surface area contributed by atoms with Gasteiger partial charge in [0.15, 0.2) is 0 Å². The molecular formula is C24H24ClF3N6O4. The molecule has 0 saturated heterocycles. The molecule has 0 aliphatic rings. The number of carboxylic acid groups (broad SMARTS) is 1. The lowest BCUT2D eigenvalue weighted by Crippen LogP contribution is -2.51. The Bertz CT molecular complexity index is 1360. The number of aromatic nitrogens is 2. The van der Waals surface area contributed by atoms with Crippen LogP contribution in [0.4, 0.5) is 23.7 Å². The summed E-state index contributed by atoms with van der Waals surface area (Å²) in [5.41, 5.74) is 0.846. The maximum absolute atomic E-state index is 13.0. The van der Waals surface area contributed by atoms with Crippen molar-refractivity contribution in [2.45, 2.75) is 32.6 Å². The number of hydrogen-bond donors (Lipinski definition) is 3. The van der Waals surface area contributed by atoms with E-state index in [0.717, 1.165) is 9.80 Å². The van der Waals surface area contributed by atoms with Gasteiger partial charge in [-0.3, -0.25) is 19.8 Å². The molecule has 0 aliphatic heterocycles. The number of urea groups is 1. The lowest BCUT2D eigenvalue weighted by atomic mass is 10.0.